The number of benzene rings is 2. The lowest BCUT2D eigenvalue weighted by Crippen LogP contribution is -2.29. The zero-order valence-electron chi connectivity index (χ0n) is 14.5. The van der Waals surface area contributed by atoms with Gasteiger partial charge in [0, 0.05) is 17.7 Å². The lowest BCUT2D eigenvalue weighted by atomic mass is 9.99. The number of hydrogen-bond acceptors (Lipinski definition) is 2. The van der Waals surface area contributed by atoms with Crippen LogP contribution >= 0.6 is 0 Å². The van der Waals surface area contributed by atoms with Gasteiger partial charge in [-0.3, -0.25) is 4.79 Å². The monoisotopic (exact) mass is 330 g/mol. The summed E-state index contributed by atoms with van der Waals surface area (Å²) in [5, 5.41) is 3.00. The number of hydrogen-bond donors (Lipinski definition) is 1. The lowest BCUT2D eigenvalue weighted by molar-refractivity contribution is 0.0976. The van der Waals surface area contributed by atoms with Crippen LogP contribution in [0, 0.1) is 12.8 Å². The molecular formula is C22H22N2O. The highest BCUT2D eigenvalue weighted by Gasteiger charge is 2.28. The molecule has 0 aromatic heterocycles. The van der Waals surface area contributed by atoms with Crippen LogP contribution in [0.4, 0.5) is 0 Å². The van der Waals surface area contributed by atoms with Gasteiger partial charge in [0.25, 0.3) is 5.91 Å². The number of allylic oxidation sites excluding steroid dienone is 1. The van der Waals surface area contributed by atoms with Crippen molar-refractivity contribution in [3.05, 3.63) is 77.0 Å². The highest BCUT2D eigenvalue weighted by Crippen LogP contribution is 2.40. The van der Waals surface area contributed by atoms with E-state index in [0.717, 1.165) is 23.9 Å². The molecule has 0 radical (unpaired) electrons. The van der Waals surface area contributed by atoms with Gasteiger partial charge >= 0.3 is 0 Å². The molecule has 1 aliphatic heterocycles. The number of amides is 1. The molecule has 2 aromatic carbocycles. The Morgan fingerprint density at radius 2 is 1.80 bits per heavy atom. The van der Waals surface area contributed by atoms with Crippen molar-refractivity contribution in [2.45, 2.75) is 32.6 Å². The third kappa shape index (κ3) is 3.71. The number of aliphatic imine (C=N–C) groups is 1. The third-order valence-electron chi connectivity index (χ3n) is 4.84. The number of rotatable bonds is 4. The highest BCUT2D eigenvalue weighted by molar-refractivity contribution is 6.10. The van der Waals surface area contributed by atoms with Crippen molar-refractivity contribution in [3.63, 3.8) is 0 Å². The minimum Gasteiger partial charge on any atom is -0.310 e. The van der Waals surface area contributed by atoms with Crippen LogP contribution in [-0.4, -0.2) is 11.7 Å². The molecule has 0 bridgehead atoms. The average molecular weight is 330 g/mol. The quantitative estimate of drug-likeness (QED) is 0.864. The maximum Gasteiger partial charge on any atom is 0.256 e. The number of carbonyl (C=O) groups excluding carboxylic acids is 1. The van der Waals surface area contributed by atoms with E-state index in [2.05, 4.69) is 36.5 Å². The minimum absolute atomic E-state index is 0.0877. The molecule has 1 saturated carbocycles. The van der Waals surface area contributed by atoms with Gasteiger partial charge < -0.3 is 5.32 Å². The molecule has 4 rings (SSSR count). The van der Waals surface area contributed by atoms with Gasteiger partial charge in [-0.15, -0.1) is 0 Å². The van der Waals surface area contributed by atoms with Crippen LogP contribution in [0.1, 0.15) is 47.2 Å². The van der Waals surface area contributed by atoms with Crippen molar-refractivity contribution < 1.29 is 4.79 Å². The molecule has 0 spiro atoms. The molecule has 2 aromatic rings. The molecule has 0 saturated heterocycles. The molecule has 126 valence electrons. The Bertz CT molecular complexity index is 843. The van der Waals surface area contributed by atoms with E-state index in [1.807, 2.05) is 30.3 Å². The standard InChI is InChI=1S/C22H22N2O/c1-15-7-11-17(12-8-15)19-14-21(23-20(19)13-16-9-10-16)24-22(25)18-5-3-2-4-6-18/h2-8,11-12,16H,9-10,13-14H2,1H3,(H,23,24,25). The normalized spacial score (nSPS) is 16.8. The van der Waals surface area contributed by atoms with Crippen molar-refractivity contribution in [2.75, 3.05) is 0 Å². The predicted molar refractivity (Wildman–Crippen MR) is 101 cm³/mol. The first-order chi connectivity index (χ1) is 12.2. The van der Waals surface area contributed by atoms with Crippen molar-refractivity contribution >= 4 is 17.3 Å². The predicted octanol–water partition coefficient (Wildman–Crippen LogP) is 4.74. The molecule has 1 amide bonds. The van der Waals surface area contributed by atoms with Gasteiger partial charge in [0.1, 0.15) is 5.84 Å². The van der Waals surface area contributed by atoms with Gasteiger partial charge in [-0.1, -0.05) is 48.0 Å². The first-order valence-corrected chi connectivity index (χ1v) is 8.92. The summed E-state index contributed by atoms with van der Waals surface area (Å²) in [7, 11) is 0. The van der Waals surface area contributed by atoms with E-state index < -0.39 is 0 Å². The Kier molecular flexibility index (Phi) is 4.22. The zero-order valence-corrected chi connectivity index (χ0v) is 14.5. The smallest absolute Gasteiger partial charge is 0.256 e. The van der Waals surface area contributed by atoms with Crippen LogP contribution in [0.2, 0.25) is 0 Å². The van der Waals surface area contributed by atoms with Crippen LogP contribution < -0.4 is 5.32 Å². The van der Waals surface area contributed by atoms with E-state index in [1.165, 1.54) is 29.5 Å². The summed E-state index contributed by atoms with van der Waals surface area (Å²) in [6.45, 7) is 2.10. The SMILES string of the molecule is Cc1ccc(C2=C(CC3CC3)N=C(NC(=O)c3ccccc3)C2)cc1. The number of aryl methyl sites for hydroxylation is 1. The molecule has 1 aliphatic carbocycles. The summed E-state index contributed by atoms with van der Waals surface area (Å²) in [4.78, 5) is 17.2. The van der Waals surface area contributed by atoms with Crippen molar-refractivity contribution in [1.82, 2.24) is 5.32 Å². The number of nitrogens with one attached hydrogen (secondary N) is 1. The van der Waals surface area contributed by atoms with Crippen LogP contribution in [0.3, 0.4) is 0 Å². The van der Waals surface area contributed by atoms with Crippen molar-refractivity contribution in [3.8, 4) is 0 Å². The largest absolute Gasteiger partial charge is 0.310 e. The summed E-state index contributed by atoms with van der Waals surface area (Å²) in [6, 6.07) is 17.9. The van der Waals surface area contributed by atoms with E-state index in [1.54, 1.807) is 0 Å². The zero-order chi connectivity index (χ0) is 17.2. The fraction of sp³-hybridized carbons (Fsp3) is 0.273. The second-order valence-corrected chi connectivity index (χ2v) is 6.99. The molecule has 0 atom stereocenters. The fourth-order valence-electron chi connectivity index (χ4n) is 3.19. The maximum atomic E-state index is 12.4. The summed E-state index contributed by atoms with van der Waals surface area (Å²) in [5.41, 5.74) is 5.54. The van der Waals surface area contributed by atoms with E-state index in [-0.39, 0.29) is 5.91 Å². The molecule has 3 nitrogen and oxygen atoms in total. The Hall–Kier alpha value is -2.68. The van der Waals surface area contributed by atoms with E-state index in [0.29, 0.717) is 12.0 Å². The summed E-state index contributed by atoms with van der Waals surface area (Å²) >= 11 is 0. The van der Waals surface area contributed by atoms with Crippen molar-refractivity contribution in [1.29, 1.82) is 0 Å². The van der Waals surface area contributed by atoms with Gasteiger partial charge in [0.05, 0.1) is 0 Å². The summed E-state index contributed by atoms with van der Waals surface area (Å²) < 4.78 is 0. The average Bonchev–Trinajstić information content (AvgIpc) is 3.36. The van der Waals surface area contributed by atoms with Crippen LogP contribution in [0.25, 0.3) is 5.57 Å². The Balaban J connectivity index is 1.54. The second kappa shape index (κ2) is 6.67. The van der Waals surface area contributed by atoms with Crippen LogP contribution in [0.15, 0.2) is 65.3 Å². The molecule has 1 N–H and O–H groups in total. The third-order valence-corrected chi connectivity index (χ3v) is 4.84. The topological polar surface area (TPSA) is 41.5 Å². The van der Waals surface area contributed by atoms with Gasteiger partial charge in [-0.05, 0) is 55.4 Å². The molecule has 1 fully saturated rings. The summed E-state index contributed by atoms with van der Waals surface area (Å²) in [6.07, 6.45) is 4.31. The number of carbonyl (C=O) groups is 1. The number of nitrogens with zero attached hydrogens (tertiary/aromatic N) is 1. The molecular weight excluding hydrogens is 308 g/mol. The minimum atomic E-state index is -0.0877. The summed E-state index contributed by atoms with van der Waals surface area (Å²) in [5.74, 6) is 1.44. The Morgan fingerprint density at radius 3 is 2.48 bits per heavy atom. The lowest BCUT2D eigenvalue weighted by Gasteiger charge is -2.07. The van der Waals surface area contributed by atoms with E-state index >= 15 is 0 Å². The highest BCUT2D eigenvalue weighted by atomic mass is 16.1. The van der Waals surface area contributed by atoms with Gasteiger partial charge in [0.2, 0.25) is 0 Å². The molecule has 3 heteroatoms. The Labute approximate surface area is 148 Å². The second-order valence-electron chi connectivity index (χ2n) is 6.99. The van der Waals surface area contributed by atoms with Gasteiger partial charge in [-0.2, -0.15) is 0 Å². The molecule has 25 heavy (non-hydrogen) atoms. The van der Waals surface area contributed by atoms with Crippen LogP contribution in [0.5, 0.6) is 0 Å². The first kappa shape index (κ1) is 15.8. The van der Waals surface area contributed by atoms with Crippen LogP contribution in [-0.2, 0) is 0 Å². The fourth-order valence-corrected chi connectivity index (χ4v) is 3.19. The molecule has 0 unspecified atom stereocenters. The maximum absolute atomic E-state index is 12.4. The van der Waals surface area contributed by atoms with E-state index in [4.69, 9.17) is 4.99 Å². The van der Waals surface area contributed by atoms with E-state index in [9.17, 15) is 4.79 Å². The van der Waals surface area contributed by atoms with Crippen molar-refractivity contribution in [2.24, 2.45) is 10.9 Å². The van der Waals surface area contributed by atoms with Gasteiger partial charge in [0.15, 0.2) is 0 Å². The first-order valence-electron chi connectivity index (χ1n) is 8.92. The Morgan fingerprint density at radius 1 is 1.08 bits per heavy atom. The molecule has 1 heterocycles. The number of amidine groups is 1. The van der Waals surface area contributed by atoms with Gasteiger partial charge in [-0.25, -0.2) is 4.99 Å². The molecule has 2 aliphatic rings.